The van der Waals surface area contributed by atoms with Crippen LogP contribution in [0.1, 0.15) is 57.2 Å². The van der Waals surface area contributed by atoms with E-state index >= 15 is 0 Å². The summed E-state index contributed by atoms with van der Waals surface area (Å²) in [6.07, 6.45) is 2.13. The Labute approximate surface area is 157 Å². The summed E-state index contributed by atoms with van der Waals surface area (Å²) < 4.78 is 34.8. The number of hydrogen-bond acceptors (Lipinski definition) is 4. The first-order valence-corrected chi connectivity index (χ1v) is 9.47. The number of aliphatic hydroxyl groups excluding tert-OH is 1. The van der Waals surface area contributed by atoms with E-state index in [1.54, 1.807) is 6.07 Å². The van der Waals surface area contributed by atoms with Crippen molar-refractivity contribution in [3.63, 3.8) is 0 Å². The summed E-state index contributed by atoms with van der Waals surface area (Å²) in [4.78, 5) is 0. The number of fused-ring (bicyclic) bond motifs is 5. The van der Waals surface area contributed by atoms with Crippen molar-refractivity contribution in [3.8, 4) is 11.3 Å². The zero-order valence-electron chi connectivity index (χ0n) is 15.8. The predicted molar refractivity (Wildman–Crippen MR) is 97.1 cm³/mol. The second kappa shape index (κ2) is 6.31. The van der Waals surface area contributed by atoms with Crippen molar-refractivity contribution in [2.75, 3.05) is 6.61 Å². The number of halogens is 2. The van der Waals surface area contributed by atoms with Crippen LogP contribution >= 0.6 is 0 Å². The van der Waals surface area contributed by atoms with Gasteiger partial charge in [-0.15, -0.1) is 5.10 Å². The van der Waals surface area contributed by atoms with Gasteiger partial charge < -0.3 is 9.84 Å². The summed E-state index contributed by atoms with van der Waals surface area (Å²) in [5, 5.41) is 18.2. The van der Waals surface area contributed by atoms with Gasteiger partial charge in [-0.1, -0.05) is 26.8 Å². The second-order valence-corrected chi connectivity index (χ2v) is 8.10. The van der Waals surface area contributed by atoms with E-state index < -0.39 is 17.2 Å². The molecule has 2 bridgehead atoms. The van der Waals surface area contributed by atoms with Gasteiger partial charge in [-0.25, -0.2) is 8.78 Å². The standard InChI is InChI=1S/C21H24F2N2O2/c1-4-12(11-26)27-21-9-8-14(20(21,2)3)13-10-17(24-25-19(13)21)18-15(22)6-5-7-16(18)23/h5-7,10,12,14,26H,4,8-9,11H2,1-3H3/t12-,14+,21+/m1/s1. The Morgan fingerprint density at radius 1 is 1.26 bits per heavy atom. The lowest BCUT2D eigenvalue weighted by atomic mass is 9.77. The summed E-state index contributed by atoms with van der Waals surface area (Å²) in [6.45, 7) is 6.20. The van der Waals surface area contributed by atoms with Crippen LogP contribution in [-0.2, 0) is 10.3 Å². The molecule has 0 amide bonds. The Kier molecular flexibility index (Phi) is 4.31. The molecule has 4 nitrogen and oxygen atoms in total. The Morgan fingerprint density at radius 2 is 1.96 bits per heavy atom. The van der Waals surface area contributed by atoms with Crippen molar-refractivity contribution in [3.05, 3.63) is 47.2 Å². The molecule has 1 aromatic heterocycles. The highest BCUT2D eigenvalue weighted by Gasteiger charge is 2.65. The first-order chi connectivity index (χ1) is 12.9. The lowest BCUT2D eigenvalue weighted by Crippen LogP contribution is -2.42. The smallest absolute Gasteiger partial charge is 0.135 e. The third-order valence-electron chi connectivity index (χ3n) is 6.52. The van der Waals surface area contributed by atoms with Crippen LogP contribution in [0.15, 0.2) is 24.3 Å². The fraction of sp³-hybridized carbons (Fsp3) is 0.524. The van der Waals surface area contributed by atoms with Crippen LogP contribution in [-0.4, -0.2) is 28.0 Å². The Hall–Kier alpha value is -1.92. The van der Waals surface area contributed by atoms with Gasteiger partial charge in [-0.2, -0.15) is 5.10 Å². The van der Waals surface area contributed by atoms with Gasteiger partial charge in [0.2, 0.25) is 0 Å². The summed E-state index contributed by atoms with van der Waals surface area (Å²) in [6, 6.07) is 5.55. The van der Waals surface area contributed by atoms with Crippen LogP contribution in [0.5, 0.6) is 0 Å². The molecule has 1 fully saturated rings. The number of aliphatic hydroxyl groups is 1. The molecular formula is C21H24F2N2O2. The van der Waals surface area contributed by atoms with E-state index in [1.807, 2.05) is 6.92 Å². The lowest BCUT2D eigenvalue weighted by molar-refractivity contribution is -0.159. The Morgan fingerprint density at radius 3 is 2.59 bits per heavy atom. The molecule has 1 heterocycles. The number of aromatic nitrogens is 2. The van der Waals surface area contributed by atoms with Gasteiger partial charge in [0.05, 0.1) is 29.7 Å². The minimum atomic E-state index is -0.649. The highest BCUT2D eigenvalue weighted by molar-refractivity contribution is 5.62. The monoisotopic (exact) mass is 374 g/mol. The molecule has 27 heavy (non-hydrogen) atoms. The maximum absolute atomic E-state index is 14.2. The van der Waals surface area contributed by atoms with E-state index in [-0.39, 0.29) is 35.3 Å². The zero-order valence-corrected chi connectivity index (χ0v) is 15.8. The van der Waals surface area contributed by atoms with Crippen LogP contribution in [0.2, 0.25) is 0 Å². The fourth-order valence-corrected chi connectivity index (χ4v) is 4.93. The van der Waals surface area contributed by atoms with Crippen molar-refractivity contribution in [2.45, 2.75) is 57.7 Å². The molecule has 3 atom stereocenters. The second-order valence-electron chi connectivity index (χ2n) is 8.10. The van der Waals surface area contributed by atoms with Crippen LogP contribution in [0.25, 0.3) is 11.3 Å². The maximum Gasteiger partial charge on any atom is 0.135 e. The van der Waals surface area contributed by atoms with Crippen molar-refractivity contribution in [1.82, 2.24) is 10.2 Å². The van der Waals surface area contributed by atoms with E-state index in [1.165, 1.54) is 18.2 Å². The quantitative estimate of drug-likeness (QED) is 0.847. The number of rotatable bonds is 5. The van der Waals surface area contributed by atoms with E-state index in [4.69, 9.17) is 4.74 Å². The molecule has 0 spiro atoms. The molecule has 1 aromatic carbocycles. The maximum atomic E-state index is 14.2. The van der Waals surface area contributed by atoms with Crippen LogP contribution in [0, 0.1) is 17.0 Å². The number of ether oxygens (including phenoxy) is 1. The van der Waals surface area contributed by atoms with Gasteiger partial charge >= 0.3 is 0 Å². The molecule has 0 radical (unpaired) electrons. The molecule has 0 saturated heterocycles. The highest BCUT2D eigenvalue weighted by Crippen LogP contribution is 2.68. The summed E-state index contributed by atoms with van der Waals surface area (Å²) in [5.74, 6) is -1.12. The molecule has 2 aliphatic carbocycles. The molecule has 1 N–H and O–H groups in total. The van der Waals surface area contributed by atoms with Crippen molar-refractivity contribution < 1.29 is 18.6 Å². The largest absolute Gasteiger partial charge is 0.394 e. The van der Waals surface area contributed by atoms with Gasteiger partial charge in [-0.05, 0) is 48.9 Å². The summed E-state index contributed by atoms with van der Waals surface area (Å²) >= 11 is 0. The molecule has 2 aromatic rings. The third-order valence-corrected chi connectivity index (χ3v) is 6.52. The van der Waals surface area contributed by atoms with Gasteiger partial charge in [0, 0.05) is 5.41 Å². The van der Waals surface area contributed by atoms with Gasteiger partial charge in [-0.3, -0.25) is 0 Å². The molecule has 6 heteroatoms. The average molecular weight is 374 g/mol. The van der Waals surface area contributed by atoms with Crippen LogP contribution in [0.4, 0.5) is 8.78 Å². The average Bonchev–Trinajstić information content (AvgIpc) is 3.00. The molecule has 4 rings (SSSR count). The SMILES string of the molecule is CC[C@H](CO)O[C@@]12CC[C@@H](c3cc(-c4c(F)cccc4F)nnc31)C2(C)C. The van der Waals surface area contributed by atoms with Gasteiger partial charge in [0.25, 0.3) is 0 Å². The first-order valence-electron chi connectivity index (χ1n) is 9.47. The zero-order chi connectivity index (χ0) is 19.4. The minimum Gasteiger partial charge on any atom is -0.394 e. The van der Waals surface area contributed by atoms with Gasteiger partial charge in [0.1, 0.15) is 17.2 Å². The molecule has 2 aliphatic rings. The number of nitrogens with zero attached hydrogens (tertiary/aromatic N) is 2. The van der Waals surface area contributed by atoms with Crippen LogP contribution in [0.3, 0.4) is 0 Å². The molecular weight excluding hydrogens is 350 g/mol. The summed E-state index contributed by atoms with van der Waals surface area (Å²) in [7, 11) is 0. The summed E-state index contributed by atoms with van der Waals surface area (Å²) in [5.41, 5.74) is 0.888. The van der Waals surface area contributed by atoms with E-state index in [2.05, 4.69) is 24.0 Å². The fourth-order valence-electron chi connectivity index (χ4n) is 4.93. The van der Waals surface area contributed by atoms with Gasteiger partial charge in [0.15, 0.2) is 0 Å². The minimum absolute atomic E-state index is 0.0553. The van der Waals surface area contributed by atoms with Crippen molar-refractivity contribution in [1.29, 1.82) is 0 Å². The molecule has 0 aliphatic heterocycles. The Balaban J connectivity index is 1.84. The van der Waals surface area contributed by atoms with E-state index in [0.29, 0.717) is 6.42 Å². The highest BCUT2D eigenvalue weighted by atomic mass is 19.1. The van der Waals surface area contributed by atoms with E-state index in [0.717, 1.165) is 24.1 Å². The molecule has 0 unspecified atom stereocenters. The molecule has 144 valence electrons. The van der Waals surface area contributed by atoms with Crippen LogP contribution < -0.4 is 0 Å². The number of benzene rings is 1. The lowest BCUT2D eigenvalue weighted by Gasteiger charge is -2.40. The number of hydrogen-bond donors (Lipinski definition) is 1. The normalized spacial score (nSPS) is 26.2. The topological polar surface area (TPSA) is 55.2 Å². The molecule has 1 saturated carbocycles. The van der Waals surface area contributed by atoms with E-state index in [9.17, 15) is 13.9 Å². The van der Waals surface area contributed by atoms with Crippen molar-refractivity contribution >= 4 is 0 Å². The third kappa shape index (κ3) is 2.46. The van der Waals surface area contributed by atoms with Crippen molar-refractivity contribution in [2.24, 2.45) is 5.41 Å². The Bertz CT molecular complexity index is 862. The predicted octanol–water partition coefficient (Wildman–Crippen LogP) is 4.32. The first kappa shape index (κ1) is 18.4.